The molecule has 0 aliphatic carbocycles. The van der Waals surface area contributed by atoms with Crippen LogP contribution in [0.15, 0.2) is 18.2 Å². The van der Waals surface area contributed by atoms with E-state index < -0.39 is 12.0 Å². The van der Waals surface area contributed by atoms with Crippen molar-refractivity contribution in [1.29, 1.82) is 0 Å². The van der Waals surface area contributed by atoms with E-state index in [-0.39, 0.29) is 23.0 Å². The second-order valence-corrected chi connectivity index (χ2v) is 4.43. The van der Waals surface area contributed by atoms with E-state index >= 15 is 0 Å². The predicted molar refractivity (Wildman–Crippen MR) is 57.2 cm³/mol. The minimum Gasteiger partial charge on any atom is -0.369 e. The average molecular weight is 223 g/mol. The normalized spacial score (nSPS) is 19.4. The number of nitrogens with zero attached hydrogens (tertiary/aromatic N) is 1. The van der Waals surface area contributed by atoms with Crippen LogP contribution in [-0.2, 0) is 0 Å². The summed E-state index contributed by atoms with van der Waals surface area (Å²) >= 11 is 0. The molecular formula is C12H14FNO2. The van der Waals surface area contributed by atoms with Crippen molar-refractivity contribution in [3.63, 3.8) is 0 Å². The molecule has 1 unspecified atom stereocenters. The molecule has 0 saturated heterocycles. The lowest BCUT2D eigenvalue weighted by atomic mass is 10.1. The van der Waals surface area contributed by atoms with Gasteiger partial charge in [-0.25, -0.2) is 4.39 Å². The zero-order valence-electron chi connectivity index (χ0n) is 9.27. The molecule has 86 valence electrons. The first-order valence-electron chi connectivity index (χ1n) is 5.29. The highest BCUT2D eigenvalue weighted by Crippen LogP contribution is 2.33. The van der Waals surface area contributed by atoms with Crippen molar-refractivity contribution in [3.05, 3.63) is 35.1 Å². The number of aliphatic hydroxyl groups excluding tert-OH is 1. The molecule has 0 spiro atoms. The van der Waals surface area contributed by atoms with Crippen molar-refractivity contribution in [2.45, 2.75) is 20.1 Å². The zero-order chi connectivity index (χ0) is 11.9. The van der Waals surface area contributed by atoms with Gasteiger partial charge in [0, 0.05) is 12.1 Å². The second kappa shape index (κ2) is 3.87. The van der Waals surface area contributed by atoms with E-state index in [1.165, 1.54) is 17.0 Å². The first-order valence-corrected chi connectivity index (χ1v) is 5.29. The van der Waals surface area contributed by atoms with Gasteiger partial charge in [-0.15, -0.1) is 0 Å². The molecule has 0 fully saturated rings. The topological polar surface area (TPSA) is 40.5 Å². The zero-order valence-corrected chi connectivity index (χ0v) is 9.27. The van der Waals surface area contributed by atoms with E-state index in [0.717, 1.165) is 0 Å². The first kappa shape index (κ1) is 11.1. The van der Waals surface area contributed by atoms with Crippen LogP contribution in [0.5, 0.6) is 0 Å². The van der Waals surface area contributed by atoms with Crippen LogP contribution in [-0.4, -0.2) is 22.5 Å². The largest absolute Gasteiger partial charge is 0.369 e. The van der Waals surface area contributed by atoms with Crippen LogP contribution in [0.1, 0.15) is 36.0 Å². The van der Waals surface area contributed by atoms with Crippen LogP contribution >= 0.6 is 0 Å². The average Bonchev–Trinajstić information content (AvgIpc) is 2.44. The Balaban J connectivity index is 2.40. The molecule has 1 heterocycles. The van der Waals surface area contributed by atoms with Gasteiger partial charge in [-0.2, -0.15) is 0 Å². The number of carbonyl (C=O) groups excluding carboxylic acids is 1. The van der Waals surface area contributed by atoms with Crippen LogP contribution in [0.2, 0.25) is 0 Å². The lowest BCUT2D eigenvalue weighted by Gasteiger charge is -2.22. The Hall–Kier alpha value is -1.42. The van der Waals surface area contributed by atoms with E-state index in [1.54, 1.807) is 6.07 Å². The summed E-state index contributed by atoms with van der Waals surface area (Å²) in [6.45, 7) is 4.31. The third-order valence-electron chi connectivity index (χ3n) is 2.66. The van der Waals surface area contributed by atoms with E-state index in [9.17, 15) is 14.3 Å². The van der Waals surface area contributed by atoms with Crippen LogP contribution in [0.4, 0.5) is 4.39 Å². The van der Waals surface area contributed by atoms with Gasteiger partial charge in [0.25, 0.3) is 5.91 Å². The summed E-state index contributed by atoms with van der Waals surface area (Å²) in [6.07, 6.45) is -1.15. The highest BCUT2D eigenvalue weighted by Gasteiger charge is 2.37. The summed E-state index contributed by atoms with van der Waals surface area (Å²) in [4.78, 5) is 13.2. The van der Waals surface area contributed by atoms with Crippen molar-refractivity contribution in [2.75, 3.05) is 6.54 Å². The van der Waals surface area contributed by atoms with Gasteiger partial charge in [-0.3, -0.25) is 4.79 Å². The summed E-state index contributed by atoms with van der Waals surface area (Å²) in [5.41, 5.74) is 0.376. The van der Waals surface area contributed by atoms with Crippen molar-refractivity contribution in [1.82, 2.24) is 4.90 Å². The summed E-state index contributed by atoms with van der Waals surface area (Å²) in [5.74, 6) is -0.587. The molecule has 1 amide bonds. The lowest BCUT2D eigenvalue weighted by Crippen LogP contribution is -2.31. The summed E-state index contributed by atoms with van der Waals surface area (Å²) in [5, 5.41) is 9.91. The Morgan fingerprint density at radius 3 is 2.75 bits per heavy atom. The summed E-state index contributed by atoms with van der Waals surface area (Å²) in [6, 6.07) is 4.29. The molecular weight excluding hydrogens is 209 g/mol. The Labute approximate surface area is 93.5 Å². The number of carbonyl (C=O) groups is 1. The molecule has 0 saturated carbocycles. The maximum atomic E-state index is 13.5. The van der Waals surface area contributed by atoms with E-state index in [2.05, 4.69) is 0 Å². The molecule has 1 aliphatic rings. The van der Waals surface area contributed by atoms with Crippen LogP contribution in [0, 0.1) is 11.7 Å². The number of fused-ring (bicyclic) bond motifs is 1. The molecule has 4 heteroatoms. The predicted octanol–water partition coefficient (Wildman–Crippen LogP) is 1.93. The van der Waals surface area contributed by atoms with E-state index in [0.29, 0.717) is 6.54 Å². The number of amides is 1. The molecule has 0 bridgehead atoms. The Kier molecular flexibility index (Phi) is 2.68. The number of benzene rings is 1. The minimum absolute atomic E-state index is 0.105. The third kappa shape index (κ3) is 1.59. The van der Waals surface area contributed by atoms with Crippen molar-refractivity contribution in [3.8, 4) is 0 Å². The summed E-state index contributed by atoms with van der Waals surface area (Å²) in [7, 11) is 0. The standard InChI is InChI=1S/C12H14FNO2/c1-7(2)6-14-11(15)8-4-3-5-9(13)10(8)12(14)16/h3-5,7,12,16H,6H2,1-2H3. The minimum atomic E-state index is -1.15. The molecule has 1 N–H and O–H groups in total. The molecule has 3 nitrogen and oxygen atoms in total. The molecule has 0 radical (unpaired) electrons. The van der Waals surface area contributed by atoms with Gasteiger partial charge in [-0.1, -0.05) is 19.9 Å². The third-order valence-corrected chi connectivity index (χ3v) is 2.66. The van der Waals surface area contributed by atoms with Crippen LogP contribution in [0.3, 0.4) is 0 Å². The maximum Gasteiger partial charge on any atom is 0.256 e. The van der Waals surface area contributed by atoms with E-state index in [4.69, 9.17) is 0 Å². The number of rotatable bonds is 2. The highest BCUT2D eigenvalue weighted by atomic mass is 19.1. The maximum absolute atomic E-state index is 13.5. The Morgan fingerprint density at radius 1 is 1.50 bits per heavy atom. The molecule has 2 rings (SSSR count). The number of halogens is 1. The second-order valence-electron chi connectivity index (χ2n) is 4.43. The molecule has 1 atom stereocenters. The molecule has 16 heavy (non-hydrogen) atoms. The van der Waals surface area contributed by atoms with Gasteiger partial charge < -0.3 is 10.0 Å². The van der Waals surface area contributed by atoms with Gasteiger partial charge >= 0.3 is 0 Å². The van der Waals surface area contributed by atoms with Gasteiger partial charge in [-0.05, 0) is 18.1 Å². The van der Waals surface area contributed by atoms with Gasteiger partial charge in [0.1, 0.15) is 5.82 Å². The van der Waals surface area contributed by atoms with Gasteiger partial charge in [0.05, 0.1) is 5.56 Å². The first-order chi connectivity index (χ1) is 7.52. The monoisotopic (exact) mass is 223 g/mol. The molecule has 1 aromatic rings. The lowest BCUT2D eigenvalue weighted by molar-refractivity contribution is 0.0113. The smallest absolute Gasteiger partial charge is 0.256 e. The van der Waals surface area contributed by atoms with E-state index in [1.807, 2.05) is 13.8 Å². The quantitative estimate of drug-likeness (QED) is 0.832. The Morgan fingerprint density at radius 2 is 2.19 bits per heavy atom. The SMILES string of the molecule is CC(C)CN1C(=O)c2cccc(F)c2C1O. The summed E-state index contributed by atoms with van der Waals surface area (Å²) < 4.78 is 13.5. The van der Waals surface area contributed by atoms with Crippen LogP contribution < -0.4 is 0 Å². The molecule has 0 aromatic heterocycles. The van der Waals surface area contributed by atoms with Crippen molar-refractivity contribution >= 4 is 5.91 Å². The fraction of sp³-hybridized carbons (Fsp3) is 0.417. The van der Waals surface area contributed by atoms with Gasteiger partial charge in [0.2, 0.25) is 0 Å². The fourth-order valence-electron chi connectivity index (χ4n) is 1.98. The number of hydrogen-bond acceptors (Lipinski definition) is 2. The molecule has 1 aliphatic heterocycles. The highest BCUT2D eigenvalue weighted by molar-refractivity contribution is 5.98. The van der Waals surface area contributed by atoms with Crippen LogP contribution in [0.25, 0.3) is 0 Å². The fourth-order valence-corrected chi connectivity index (χ4v) is 1.98. The number of hydrogen-bond donors (Lipinski definition) is 1. The van der Waals surface area contributed by atoms with Gasteiger partial charge in [0.15, 0.2) is 6.23 Å². The Bertz CT molecular complexity index is 431. The number of aliphatic hydroxyl groups is 1. The molecule has 1 aromatic carbocycles. The van der Waals surface area contributed by atoms with Crippen molar-refractivity contribution in [2.24, 2.45) is 5.92 Å². The van der Waals surface area contributed by atoms with Crippen molar-refractivity contribution < 1.29 is 14.3 Å².